The first-order valence-electron chi connectivity index (χ1n) is 9.46. The third-order valence-electron chi connectivity index (χ3n) is 4.90. The van der Waals surface area contributed by atoms with Gasteiger partial charge in [-0.15, -0.1) is 0 Å². The number of rotatable bonds is 5. The van der Waals surface area contributed by atoms with Gasteiger partial charge in [0.25, 0.3) is 0 Å². The van der Waals surface area contributed by atoms with E-state index in [0.717, 1.165) is 82.5 Å². The molecule has 0 radical (unpaired) electrons. The van der Waals surface area contributed by atoms with E-state index < -0.39 is 0 Å². The summed E-state index contributed by atoms with van der Waals surface area (Å²) in [5.41, 5.74) is 3.21. The van der Waals surface area contributed by atoms with Crippen molar-refractivity contribution in [3.05, 3.63) is 35.7 Å². The van der Waals surface area contributed by atoms with Gasteiger partial charge in [-0.1, -0.05) is 6.07 Å². The maximum atomic E-state index is 5.42. The Morgan fingerprint density at radius 2 is 2.00 bits per heavy atom. The van der Waals surface area contributed by atoms with Gasteiger partial charge in [0.2, 0.25) is 0 Å². The molecule has 0 atom stereocenters. The van der Waals surface area contributed by atoms with E-state index >= 15 is 0 Å². The first-order chi connectivity index (χ1) is 12.9. The lowest BCUT2D eigenvalue weighted by Crippen LogP contribution is -2.39. The van der Waals surface area contributed by atoms with Gasteiger partial charge in [-0.25, -0.2) is 9.97 Å². The van der Waals surface area contributed by atoms with Gasteiger partial charge in [-0.2, -0.15) is 0 Å². The molecule has 2 aliphatic rings. The standard InChI is InChI=1S/C19H26N6O/c1-2-6-21-17(3-1)19-23-16-5-8-20-7-4-15(16)18(24-19)22-9-10-25-11-13-26-14-12-25/h1-3,6,20H,4-5,7-14H2,(H,22,23,24). The topological polar surface area (TPSA) is 75.2 Å². The zero-order valence-corrected chi connectivity index (χ0v) is 15.1. The van der Waals surface area contributed by atoms with Crippen molar-refractivity contribution in [2.45, 2.75) is 12.8 Å². The molecule has 2 aromatic heterocycles. The third kappa shape index (κ3) is 4.17. The molecule has 0 spiro atoms. The quantitative estimate of drug-likeness (QED) is 0.829. The minimum absolute atomic E-state index is 0.708. The lowest BCUT2D eigenvalue weighted by molar-refractivity contribution is 0.0398. The van der Waals surface area contributed by atoms with Crippen molar-refractivity contribution < 1.29 is 4.74 Å². The zero-order valence-electron chi connectivity index (χ0n) is 15.1. The number of anilines is 1. The van der Waals surface area contributed by atoms with Crippen LogP contribution in [-0.2, 0) is 17.6 Å². The van der Waals surface area contributed by atoms with E-state index in [4.69, 9.17) is 14.7 Å². The molecule has 2 aromatic rings. The number of aromatic nitrogens is 3. The molecule has 2 aliphatic heterocycles. The summed E-state index contributed by atoms with van der Waals surface area (Å²) in [5.74, 6) is 1.67. The monoisotopic (exact) mass is 354 g/mol. The summed E-state index contributed by atoms with van der Waals surface area (Å²) in [6, 6.07) is 5.86. The second kappa shape index (κ2) is 8.53. The fraction of sp³-hybridized carbons (Fsp3) is 0.526. The maximum absolute atomic E-state index is 5.42. The molecule has 4 heterocycles. The van der Waals surface area contributed by atoms with E-state index in [0.29, 0.717) is 5.82 Å². The van der Waals surface area contributed by atoms with E-state index in [9.17, 15) is 0 Å². The molecule has 26 heavy (non-hydrogen) atoms. The van der Waals surface area contributed by atoms with Gasteiger partial charge in [0.1, 0.15) is 11.5 Å². The highest BCUT2D eigenvalue weighted by molar-refractivity contribution is 5.57. The van der Waals surface area contributed by atoms with E-state index in [1.165, 1.54) is 5.56 Å². The Morgan fingerprint density at radius 1 is 1.12 bits per heavy atom. The molecule has 7 nitrogen and oxygen atoms in total. The number of nitrogens with one attached hydrogen (secondary N) is 2. The number of hydrogen-bond acceptors (Lipinski definition) is 7. The molecule has 2 N–H and O–H groups in total. The molecular formula is C19H26N6O. The van der Waals surface area contributed by atoms with Crippen molar-refractivity contribution in [1.29, 1.82) is 0 Å². The Balaban J connectivity index is 1.54. The number of ether oxygens (including phenoxy) is 1. The molecule has 1 fully saturated rings. The Bertz CT molecular complexity index is 717. The van der Waals surface area contributed by atoms with Crippen LogP contribution in [0, 0.1) is 0 Å². The van der Waals surface area contributed by atoms with E-state index in [-0.39, 0.29) is 0 Å². The lowest BCUT2D eigenvalue weighted by atomic mass is 10.1. The van der Waals surface area contributed by atoms with Crippen molar-refractivity contribution in [3.8, 4) is 11.5 Å². The van der Waals surface area contributed by atoms with Crippen molar-refractivity contribution in [2.24, 2.45) is 0 Å². The van der Waals surface area contributed by atoms with Gasteiger partial charge in [-0.05, 0) is 25.1 Å². The number of pyridine rings is 1. The van der Waals surface area contributed by atoms with Crippen LogP contribution in [0.3, 0.4) is 0 Å². The number of hydrogen-bond donors (Lipinski definition) is 2. The Morgan fingerprint density at radius 3 is 2.85 bits per heavy atom. The molecule has 7 heteroatoms. The van der Waals surface area contributed by atoms with Gasteiger partial charge in [0.15, 0.2) is 5.82 Å². The van der Waals surface area contributed by atoms with Crippen LogP contribution in [0.4, 0.5) is 5.82 Å². The first-order valence-corrected chi connectivity index (χ1v) is 9.46. The fourth-order valence-corrected chi connectivity index (χ4v) is 3.46. The molecule has 0 saturated carbocycles. The van der Waals surface area contributed by atoms with Gasteiger partial charge in [0, 0.05) is 50.9 Å². The minimum atomic E-state index is 0.708. The van der Waals surface area contributed by atoms with Crippen LogP contribution in [0.2, 0.25) is 0 Å². The fourth-order valence-electron chi connectivity index (χ4n) is 3.46. The number of morpholine rings is 1. The van der Waals surface area contributed by atoms with Crippen molar-refractivity contribution in [2.75, 3.05) is 57.8 Å². The summed E-state index contributed by atoms with van der Waals surface area (Å²) in [4.78, 5) is 16.5. The first kappa shape index (κ1) is 17.3. The highest BCUT2D eigenvalue weighted by atomic mass is 16.5. The average molecular weight is 354 g/mol. The largest absolute Gasteiger partial charge is 0.379 e. The predicted octanol–water partition coefficient (Wildman–Crippen LogP) is 0.971. The Hall–Kier alpha value is -2.09. The minimum Gasteiger partial charge on any atom is -0.379 e. The molecule has 0 aromatic carbocycles. The van der Waals surface area contributed by atoms with Crippen LogP contribution in [0.15, 0.2) is 24.4 Å². The van der Waals surface area contributed by atoms with Crippen molar-refractivity contribution in [1.82, 2.24) is 25.2 Å². The molecule has 0 aliphatic carbocycles. The third-order valence-corrected chi connectivity index (χ3v) is 4.90. The summed E-state index contributed by atoms with van der Waals surface area (Å²) in [6.45, 7) is 7.48. The van der Waals surface area contributed by atoms with Crippen LogP contribution >= 0.6 is 0 Å². The number of nitrogens with zero attached hydrogens (tertiary/aromatic N) is 4. The second-order valence-corrected chi connectivity index (χ2v) is 6.67. The summed E-state index contributed by atoms with van der Waals surface area (Å²) >= 11 is 0. The van der Waals surface area contributed by atoms with Crippen molar-refractivity contribution in [3.63, 3.8) is 0 Å². The smallest absolute Gasteiger partial charge is 0.180 e. The molecule has 138 valence electrons. The maximum Gasteiger partial charge on any atom is 0.180 e. The summed E-state index contributed by atoms with van der Waals surface area (Å²) < 4.78 is 5.42. The molecule has 0 amide bonds. The molecule has 0 bridgehead atoms. The highest BCUT2D eigenvalue weighted by Gasteiger charge is 2.18. The Kier molecular flexibility index (Phi) is 5.68. The van der Waals surface area contributed by atoms with Crippen LogP contribution in [0.25, 0.3) is 11.5 Å². The van der Waals surface area contributed by atoms with Gasteiger partial charge < -0.3 is 15.4 Å². The van der Waals surface area contributed by atoms with Crippen LogP contribution in [-0.4, -0.2) is 72.3 Å². The summed E-state index contributed by atoms with van der Waals surface area (Å²) in [7, 11) is 0. The van der Waals surface area contributed by atoms with Crippen LogP contribution < -0.4 is 10.6 Å². The van der Waals surface area contributed by atoms with Gasteiger partial charge >= 0.3 is 0 Å². The Labute approximate surface area is 154 Å². The lowest BCUT2D eigenvalue weighted by Gasteiger charge is -2.26. The molecule has 0 unspecified atom stereocenters. The van der Waals surface area contributed by atoms with Gasteiger partial charge in [0.05, 0.1) is 18.9 Å². The van der Waals surface area contributed by atoms with Crippen molar-refractivity contribution >= 4 is 5.82 Å². The zero-order chi connectivity index (χ0) is 17.6. The average Bonchev–Trinajstić information content (AvgIpc) is 2.95. The second-order valence-electron chi connectivity index (χ2n) is 6.67. The normalized spacial score (nSPS) is 18.2. The van der Waals surface area contributed by atoms with E-state index in [1.807, 2.05) is 18.2 Å². The van der Waals surface area contributed by atoms with Crippen LogP contribution in [0.5, 0.6) is 0 Å². The highest BCUT2D eigenvalue weighted by Crippen LogP contribution is 2.23. The molecule has 4 rings (SSSR count). The summed E-state index contributed by atoms with van der Waals surface area (Å²) in [6.07, 6.45) is 3.67. The predicted molar refractivity (Wildman–Crippen MR) is 101 cm³/mol. The number of fused-ring (bicyclic) bond motifs is 1. The van der Waals surface area contributed by atoms with E-state index in [1.54, 1.807) is 6.20 Å². The molecular weight excluding hydrogens is 328 g/mol. The summed E-state index contributed by atoms with van der Waals surface area (Å²) in [5, 5.41) is 7.02. The SMILES string of the molecule is c1ccc(-c2nc3c(c(NCCN4CCOCC4)n2)CCNCC3)nc1. The molecule has 1 saturated heterocycles. The van der Waals surface area contributed by atoms with Crippen LogP contribution in [0.1, 0.15) is 11.3 Å². The van der Waals surface area contributed by atoms with Gasteiger partial charge in [-0.3, -0.25) is 9.88 Å². The van der Waals surface area contributed by atoms with E-state index in [2.05, 4.69) is 20.5 Å².